The highest BCUT2D eigenvalue weighted by Gasteiger charge is 2.28. The van der Waals surface area contributed by atoms with Crippen molar-refractivity contribution in [2.24, 2.45) is 7.05 Å². The van der Waals surface area contributed by atoms with Gasteiger partial charge in [-0.25, -0.2) is 15.0 Å². The molecule has 0 radical (unpaired) electrons. The van der Waals surface area contributed by atoms with Crippen LogP contribution in [0.25, 0.3) is 10.6 Å². The molecule has 0 spiro atoms. The van der Waals surface area contributed by atoms with Gasteiger partial charge in [-0.05, 0) is 26.3 Å². The number of rotatable bonds is 4. The SMILES string of the molecule is Cc1nc(C)c(-c2ccnc(N3CCC(NC(=O)c4c(Cl)cnn4C)C3)n2)s1. The van der Waals surface area contributed by atoms with Gasteiger partial charge in [0.2, 0.25) is 5.95 Å². The van der Waals surface area contributed by atoms with Gasteiger partial charge in [0.15, 0.2) is 0 Å². The second-order valence-electron chi connectivity index (χ2n) is 6.76. The Bertz CT molecular complexity index is 1010. The summed E-state index contributed by atoms with van der Waals surface area (Å²) in [5.74, 6) is 0.445. The van der Waals surface area contributed by atoms with E-state index in [0.717, 1.165) is 34.2 Å². The molecule has 8 nitrogen and oxygen atoms in total. The van der Waals surface area contributed by atoms with Gasteiger partial charge < -0.3 is 10.2 Å². The zero-order valence-electron chi connectivity index (χ0n) is 15.8. The van der Waals surface area contributed by atoms with Gasteiger partial charge in [0.05, 0.1) is 32.5 Å². The minimum atomic E-state index is -0.220. The number of halogens is 1. The van der Waals surface area contributed by atoms with E-state index in [0.29, 0.717) is 23.2 Å². The molecule has 1 N–H and O–H groups in total. The molecule has 4 rings (SSSR count). The molecule has 0 aliphatic carbocycles. The summed E-state index contributed by atoms with van der Waals surface area (Å²) in [6.07, 6.45) is 4.06. The number of nitrogens with zero attached hydrogens (tertiary/aromatic N) is 6. The minimum absolute atomic E-state index is 0.00175. The first-order valence-electron chi connectivity index (χ1n) is 8.93. The normalized spacial score (nSPS) is 16.6. The molecule has 0 bridgehead atoms. The van der Waals surface area contributed by atoms with Gasteiger partial charge >= 0.3 is 0 Å². The van der Waals surface area contributed by atoms with Crippen molar-refractivity contribution >= 4 is 34.8 Å². The van der Waals surface area contributed by atoms with Crippen LogP contribution in [0, 0.1) is 13.8 Å². The molecule has 1 amide bonds. The number of hydrogen-bond donors (Lipinski definition) is 1. The van der Waals surface area contributed by atoms with Crippen molar-refractivity contribution in [1.82, 2.24) is 30.0 Å². The van der Waals surface area contributed by atoms with Crippen LogP contribution >= 0.6 is 22.9 Å². The summed E-state index contributed by atoms with van der Waals surface area (Å²) >= 11 is 7.69. The standard InChI is InChI=1S/C18H20ClN7OS/c1-10-16(28-11(2)22-10)14-4-6-20-18(24-14)26-7-5-12(9-26)23-17(27)15-13(19)8-21-25(15)3/h4,6,8,12H,5,7,9H2,1-3H3,(H,23,27). The molecule has 3 aromatic rings. The molecule has 146 valence electrons. The summed E-state index contributed by atoms with van der Waals surface area (Å²) in [5.41, 5.74) is 2.23. The van der Waals surface area contributed by atoms with Crippen molar-refractivity contribution < 1.29 is 4.79 Å². The van der Waals surface area contributed by atoms with E-state index in [4.69, 9.17) is 16.6 Å². The van der Waals surface area contributed by atoms with Gasteiger partial charge in [-0.15, -0.1) is 11.3 Å². The van der Waals surface area contributed by atoms with E-state index < -0.39 is 0 Å². The average Bonchev–Trinajstić information content (AvgIpc) is 3.34. The minimum Gasteiger partial charge on any atom is -0.346 e. The van der Waals surface area contributed by atoms with Gasteiger partial charge in [-0.1, -0.05) is 11.6 Å². The fourth-order valence-electron chi connectivity index (χ4n) is 3.38. The molecule has 1 fully saturated rings. The van der Waals surface area contributed by atoms with E-state index in [1.54, 1.807) is 24.6 Å². The summed E-state index contributed by atoms with van der Waals surface area (Å²) in [6.45, 7) is 5.40. The number of thiazole rings is 1. The fraction of sp³-hybridized carbons (Fsp3) is 0.389. The van der Waals surface area contributed by atoms with Crippen LogP contribution < -0.4 is 10.2 Å². The highest BCUT2D eigenvalue weighted by atomic mass is 35.5. The zero-order valence-corrected chi connectivity index (χ0v) is 17.4. The number of amides is 1. The lowest BCUT2D eigenvalue weighted by atomic mass is 10.2. The number of nitrogens with one attached hydrogen (secondary N) is 1. The van der Waals surface area contributed by atoms with Crippen LogP contribution in [-0.2, 0) is 7.05 Å². The van der Waals surface area contributed by atoms with Crippen molar-refractivity contribution in [2.45, 2.75) is 26.3 Å². The number of carbonyl (C=O) groups excluding carboxylic acids is 1. The third-order valence-electron chi connectivity index (χ3n) is 4.69. The van der Waals surface area contributed by atoms with Crippen molar-refractivity contribution in [2.75, 3.05) is 18.0 Å². The largest absolute Gasteiger partial charge is 0.346 e. The quantitative estimate of drug-likeness (QED) is 0.701. The smallest absolute Gasteiger partial charge is 0.271 e. The second-order valence-corrected chi connectivity index (χ2v) is 8.37. The predicted octanol–water partition coefficient (Wildman–Crippen LogP) is 2.61. The van der Waals surface area contributed by atoms with Gasteiger partial charge in [0.1, 0.15) is 5.69 Å². The maximum atomic E-state index is 12.5. The molecular weight excluding hydrogens is 398 g/mol. The highest BCUT2D eigenvalue weighted by Crippen LogP contribution is 2.29. The number of anilines is 1. The summed E-state index contributed by atoms with van der Waals surface area (Å²) in [4.78, 5) is 29.3. The topological polar surface area (TPSA) is 88.8 Å². The molecule has 1 unspecified atom stereocenters. The molecule has 3 aromatic heterocycles. The molecule has 28 heavy (non-hydrogen) atoms. The van der Waals surface area contributed by atoms with Crippen LogP contribution in [0.1, 0.15) is 27.6 Å². The first kappa shape index (κ1) is 18.8. The van der Waals surface area contributed by atoms with E-state index >= 15 is 0 Å². The van der Waals surface area contributed by atoms with E-state index in [1.165, 1.54) is 10.9 Å². The Morgan fingerprint density at radius 3 is 2.86 bits per heavy atom. The lowest BCUT2D eigenvalue weighted by molar-refractivity contribution is 0.0931. The predicted molar refractivity (Wildman–Crippen MR) is 109 cm³/mol. The molecule has 1 atom stereocenters. The molecule has 0 saturated carbocycles. The van der Waals surface area contributed by atoms with Crippen molar-refractivity contribution in [3.63, 3.8) is 0 Å². The van der Waals surface area contributed by atoms with Crippen LogP contribution in [0.4, 0.5) is 5.95 Å². The maximum Gasteiger partial charge on any atom is 0.271 e. The molecule has 0 aromatic carbocycles. The van der Waals surface area contributed by atoms with Crippen LogP contribution in [0.2, 0.25) is 5.02 Å². The molecule has 4 heterocycles. The molecular formula is C18H20ClN7OS. The molecule has 1 aliphatic heterocycles. The molecule has 1 aliphatic rings. The lowest BCUT2D eigenvalue weighted by Gasteiger charge is -2.17. The Hall–Kier alpha value is -2.52. The van der Waals surface area contributed by atoms with Crippen LogP contribution in [0.3, 0.4) is 0 Å². The Kier molecular flexibility index (Phi) is 5.03. The molecule has 10 heteroatoms. The third-order valence-corrected chi connectivity index (χ3v) is 6.07. The van der Waals surface area contributed by atoms with Gasteiger partial charge in [-0.2, -0.15) is 5.10 Å². The monoisotopic (exact) mass is 417 g/mol. The van der Waals surface area contributed by atoms with Crippen LogP contribution in [0.15, 0.2) is 18.5 Å². The van der Waals surface area contributed by atoms with Crippen LogP contribution in [0.5, 0.6) is 0 Å². The summed E-state index contributed by atoms with van der Waals surface area (Å²) in [7, 11) is 1.70. The Morgan fingerprint density at radius 1 is 1.36 bits per heavy atom. The summed E-state index contributed by atoms with van der Waals surface area (Å²) in [6, 6.07) is 1.90. The first-order valence-corrected chi connectivity index (χ1v) is 10.1. The molecule has 1 saturated heterocycles. The van der Waals surface area contributed by atoms with E-state index in [2.05, 4.69) is 25.3 Å². The third kappa shape index (κ3) is 3.59. The first-order chi connectivity index (χ1) is 13.4. The number of carbonyl (C=O) groups is 1. The summed E-state index contributed by atoms with van der Waals surface area (Å²) < 4.78 is 1.48. The van der Waals surface area contributed by atoms with Gasteiger partial charge in [-0.3, -0.25) is 9.48 Å². The Morgan fingerprint density at radius 2 is 2.18 bits per heavy atom. The Labute approximate surface area is 171 Å². The van der Waals surface area contributed by atoms with E-state index in [1.807, 2.05) is 19.9 Å². The van der Waals surface area contributed by atoms with Crippen molar-refractivity contribution in [3.05, 3.63) is 39.9 Å². The number of aryl methyl sites for hydroxylation is 3. The summed E-state index contributed by atoms with van der Waals surface area (Å²) in [5, 5.41) is 8.41. The second kappa shape index (κ2) is 7.48. The van der Waals surface area contributed by atoms with Crippen molar-refractivity contribution in [3.8, 4) is 10.6 Å². The highest BCUT2D eigenvalue weighted by molar-refractivity contribution is 7.15. The van der Waals surface area contributed by atoms with Gasteiger partial charge in [0, 0.05) is 32.4 Å². The Balaban J connectivity index is 1.47. The average molecular weight is 418 g/mol. The number of aromatic nitrogens is 5. The van der Waals surface area contributed by atoms with E-state index in [9.17, 15) is 4.79 Å². The van der Waals surface area contributed by atoms with Gasteiger partial charge in [0.25, 0.3) is 5.91 Å². The number of hydrogen-bond acceptors (Lipinski definition) is 7. The van der Waals surface area contributed by atoms with E-state index in [-0.39, 0.29) is 11.9 Å². The fourth-order valence-corrected chi connectivity index (χ4v) is 4.52. The van der Waals surface area contributed by atoms with Crippen molar-refractivity contribution in [1.29, 1.82) is 0 Å². The maximum absolute atomic E-state index is 12.5. The van der Waals surface area contributed by atoms with Crippen LogP contribution in [-0.4, -0.2) is 49.8 Å². The lowest BCUT2D eigenvalue weighted by Crippen LogP contribution is -2.38. The zero-order chi connectivity index (χ0) is 19.8.